The Hall–Kier alpha value is -2.80. The number of allylic oxidation sites excluding steroid dienone is 2. The molecule has 0 aromatic heterocycles. The lowest BCUT2D eigenvalue weighted by atomic mass is 9.82. The molecular weight excluding hydrogens is 794 g/mol. The van der Waals surface area contributed by atoms with E-state index in [2.05, 4.69) is 0 Å². The SMILES string of the molecule is CCC(=O)O[C@H]1[C@H](C)O[C@@H](O[C@H]2[C@H](N(C)C)[C@@H](O)[C@H](O[C@H]3[C@@H](CC=O)C[C@@H](C)[C@@H](O)/C=C/C=C/C[C@@H](C)OC(=O)C[C@H](OC(=O)C4CCCCC4)[C@@H]3OC)O[C@@H]2C)C[C@@]1(C)O. The summed E-state index contributed by atoms with van der Waals surface area (Å²) in [5, 5.41) is 34.8. The van der Waals surface area contributed by atoms with Crippen LogP contribution < -0.4 is 0 Å². The molecule has 1 saturated carbocycles. The fourth-order valence-electron chi connectivity index (χ4n) is 9.15. The van der Waals surface area contributed by atoms with Gasteiger partial charge >= 0.3 is 17.9 Å². The number of aliphatic hydroxyl groups excluding tert-OH is 2. The lowest BCUT2D eigenvalue weighted by molar-refractivity contribution is -0.344. The summed E-state index contributed by atoms with van der Waals surface area (Å²) >= 11 is 0. The fourth-order valence-corrected chi connectivity index (χ4v) is 9.15. The van der Waals surface area contributed by atoms with Crippen LogP contribution in [0.15, 0.2) is 24.3 Å². The van der Waals surface area contributed by atoms with Crippen molar-refractivity contribution in [3.05, 3.63) is 24.3 Å². The first-order valence-corrected chi connectivity index (χ1v) is 22.2. The van der Waals surface area contributed by atoms with Gasteiger partial charge in [0.1, 0.15) is 42.4 Å². The molecular formula is C45H73NO15. The maximum absolute atomic E-state index is 13.8. The summed E-state index contributed by atoms with van der Waals surface area (Å²) in [5.74, 6) is -3.01. The van der Waals surface area contributed by atoms with Gasteiger partial charge in [0.2, 0.25) is 0 Å². The van der Waals surface area contributed by atoms with Crippen LogP contribution in [0.25, 0.3) is 0 Å². The molecule has 16 heteroatoms. The molecule has 0 aromatic rings. The highest BCUT2D eigenvalue weighted by Crippen LogP contribution is 2.38. The Morgan fingerprint density at radius 3 is 2.30 bits per heavy atom. The minimum absolute atomic E-state index is 0.0406. The Kier molecular flexibility index (Phi) is 19.8. The van der Waals surface area contributed by atoms with Gasteiger partial charge < -0.3 is 62.9 Å². The van der Waals surface area contributed by atoms with Gasteiger partial charge in [-0.2, -0.15) is 0 Å². The van der Waals surface area contributed by atoms with Gasteiger partial charge in [-0.25, -0.2) is 0 Å². The molecule has 0 bridgehead atoms. The third kappa shape index (κ3) is 14.1. The van der Waals surface area contributed by atoms with E-state index < -0.39 is 115 Å². The zero-order chi connectivity index (χ0) is 45.0. The number of rotatable bonds is 12. The fraction of sp³-hybridized carbons (Fsp3) is 0.822. The molecule has 3 aliphatic heterocycles. The topological polar surface area (TPSA) is 206 Å². The molecule has 0 radical (unpaired) electrons. The largest absolute Gasteiger partial charge is 0.462 e. The molecule has 0 spiro atoms. The van der Waals surface area contributed by atoms with Crippen LogP contribution in [0, 0.1) is 17.8 Å². The summed E-state index contributed by atoms with van der Waals surface area (Å²) in [4.78, 5) is 53.8. The second-order valence-electron chi connectivity index (χ2n) is 17.9. The number of aliphatic hydroxyl groups is 3. The quantitative estimate of drug-likeness (QED) is 0.144. The Balaban J connectivity index is 1.70. The first kappa shape index (κ1) is 50.8. The van der Waals surface area contributed by atoms with E-state index in [4.69, 9.17) is 37.9 Å². The zero-order valence-corrected chi connectivity index (χ0v) is 37.6. The number of likely N-dealkylation sites (N-methyl/N-ethyl adjacent to an activating group) is 1. The van der Waals surface area contributed by atoms with Crippen LogP contribution in [0.4, 0.5) is 0 Å². The number of cyclic esters (lactones) is 1. The Morgan fingerprint density at radius 2 is 1.67 bits per heavy atom. The van der Waals surface area contributed by atoms with E-state index in [0.717, 1.165) is 25.5 Å². The van der Waals surface area contributed by atoms with Crippen LogP contribution in [0.5, 0.6) is 0 Å². The van der Waals surface area contributed by atoms with Crippen molar-refractivity contribution >= 4 is 24.2 Å². The highest BCUT2D eigenvalue weighted by atomic mass is 16.7. The van der Waals surface area contributed by atoms with Crippen LogP contribution in [-0.2, 0) is 57.1 Å². The lowest BCUT2D eigenvalue weighted by Crippen LogP contribution is -2.66. The van der Waals surface area contributed by atoms with Crippen molar-refractivity contribution < 1.29 is 72.4 Å². The molecule has 3 heterocycles. The Labute approximate surface area is 361 Å². The van der Waals surface area contributed by atoms with Crippen molar-refractivity contribution in [3.63, 3.8) is 0 Å². The van der Waals surface area contributed by atoms with Crippen molar-refractivity contribution in [1.82, 2.24) is 4.90 Å². The standard InChI is InChI=1S/C45H73NO15/c1-10-34(49)59-42-29(5)56-36(25-45(42,6)53)60-39-28(4)57-44(38(51)37(39)46(7)8)61-40-31(21-22-47)23-26(2)32(48)20-16-11-13-17-27(3)55-35(50)24-33(41(40)54-9)58-43(52)30-18-14-12-15-19-30/h11,13,16,20,22,26-33,36-42,44,48,51,53H,10,12,14-15,17-19,21,23-25H2,1-9H3/b13-11+,20-16+/t26-,27-,28-,29+,31+,32+,33+,36+,37-,38-,39-,40+,41+,42+,44+,45-/m1/s1. The van der Waals surface area contributed by atoms with Gasteiger partial charge in [-0.3, -0.25) is 14.4 Å². The first-order chi connectivity index (χ1) is 28.9. The molecule has 16 atom stereocenters. The maximum Gasteiger partial charge on any atom is 0.309 e. The predicted octanol–water partition coefficient (Wildman–Crippen LogP) is 3.94. The Morgan fingerprint density at radius 1 is 0.967 bits per heavy atom. The van der Waals surface area contributed by atoms with Gasteiger partial charge in [-0.1, -0.05) is 57.4 Å². The second-order valence-corrected chi connectivity index (χ2v) is 17.9. The van der Waals surface area contributed by atoms with Crippen molar-refractivity contribution in [3.8, 4) is 0 Å². The number of aldehydes is 1. The van der Waals surface area contributed by atoms with Crippen molar-refractivity contribution in [1.29, 1.82) is 0 Å². The molecule has 3 N–H and O–H groups in total. The summed E-state index contributed by atoms with van der Waals surface area (Å²) in [6, 6.07) is -0.778. The molecule has 0 unspecified atom stereocenters. The van der Waals surface area contributed by atoms with Gasteiger partial charge in [0.25, 0.3) is 0 Å². The van der Waals surface area contributed by atoms with E-state index in [0.29, 0.717) is 19.3 Å². The van der Waals surface area contributed by atoms with E-state index in [-0.39, 0.29) is 38.0 Å². The van der Waals surface area contributed by atoms with Crippen molar-refractivity contribution in [2.24, 2.45) is 17.8 Å². The highest BCUT2D eigenvalue weighted by Gasteiger charge is 2.53. The first-order valence-electron chi connectivity index (χ1n) is 22.2. The minimum atomic E-state index is -1.49. The minimum Gasteiger partial charge on any atom is -0.462 e. The normalized spacial score (nSPS) is 41.0. The number of methoxy groups -OCH3 is 1. The van der Waals surface area contributed by atoms with E-state index in [1.54, 1.807) is 71.8 Å². The third-order valence-electron chi connectivity index (χ3n) is 12.5. The average Bonchev–Trinajstić information content (AvgIpc) is 3.19. The summed E-state index contributed by atoms with van der Waals surface area (Å²) in [7, 11) is 4.93. The van der Waals surface area contributed by atoms with Crippen LogP contribution in [-0.4, -0.2) is 151 Å². The van der Waals surface area contributed by atoms with Crippen LogP contribution in [0.1, 0.15) is 112 Å². The van der Waals surface area contributed by atoms with E-state index in [1.165, 1.54) is 7.11 Å². The van der Waals surface area contributed by atoms with Crippen molar-refractivity contribution in [2.45, 2.75) is 197 Å². The van der Waals surface area contributed by atoms with Crippen LogP contribution in [0.3, 0.4) is 0 Å². The second kappa shape index (κ2) is 23.8. The molecule has 1 aliphatic carbocycles. The molecule has 348 valence electrons. The number of ether oxygens (including phenoxy) is 8. The molecule has 16 nitrogen and oxygen atoms in total. The molecule has 4 aliphatic rings. The van der Waals surface area contributed by atoms with E-state index in [9.17, 15) is 34.5 Å². The lowest BCUT2D eigenvalue weighted by Gasteiger charge is -2.50. The summed E-state index contributed by atoms with van der Waals surface area (Å²) in [5.41, 5.74) is -1.49. The number of esters is 3. The zero-order valence-electron chi connectivity index (χ0n) is 37.6. The number of carbonyl (C=O) groups is 4. The van der Waals surface area contributed by atoms with Gasteiger partial charge in [-0.05, 0) is 72.9 Å². The van der Waals surface area contributed by atoms with Crippen molar-refractivity contribution in [2.75, 3.05) is 21.2 Å². The average molecular weight is 868 g/mol. The molecule has 0 aromatic carbocycles. The van der Waals surface area contributed by atoms with Crippen LogP contribution in [0.2, 0.25) is 0 Å². The smallest absolute Gasteiger partial charge is 0.309 e. The summed E-state index contributed by atoms with van der Waals surface area (Å²) in [6.45, 7) is 10.3. The number of carbonyl (C=O) groups excluding carboxylic acids is 4. The number of hydrogen-bond donors (Lipinski definition) is 3. The number of hydrogen-bond acceptors (Lipinski definition) is 16. The van der Waals surface area contributed by atoms with Gasteiger partial charge in [0, 0.05) is 32.8 Å². The van der Waals surface area contributed by atoms with Gasteiger partial charge in [0.05, 0.1) is 42.8 Å². The molecule has 3 fully saturated rings. The molecule has 0 amide bonds. The van der Waals surface area contributed by atoms with E-state index in [1.807, 2.05) is 13.0 Å². The molecule has 61 heavy (non-hydrogen) atoms. The third-order valence-corrected chi connectivity index (χ3v) is 12.5. The summed E-state index contributed by atoms with van der Waals surface area (Å²) in [6.07, 6.45) is 0.160. The molecule has 2 saturated heterocycles. The Bertz CT molecular complexity index is 1460. The van der Waals surface area contributed by atoms with E-state index >= 15 is 0 Å². The molecule has 4 rings (SSSR count). The monoisotopic (exact) mass is 867 g/mol. The van der Waals surface area contributed by atoms with Crippen LogP contribution >= 0.6 is 0 Å². The predicted molar refractivity (Wildman–Crippen MR) is 222 cm³/mol. The number of nitrogens with zero attached hydrogens (tertiary/aromatic N) is 1. The van der Waals surface area contributed by atoms with Gasteiger partial charge in [0.15, 0.2) is 18.7 Å². The maximum atomic E-state index is 13.8. The highest BCUT2D eigenvalue weighted by molar-refractivity contribution is 5.74. The van der Waals surface area contributed by atoms with Gasteiger partial charge in [-0.15, -0.1) is 0 Å². The summed E-state index contributed by atoms with van der Waals surface area (Å²) < 4.78 is 49.5.